The quantitative estimate of drug-likeness (QED) is 0.197. The van der Waals surface area contributed by atoms with Gasteiger partial charge in [-0.1, -0.05) is 56.2 Å². The second-order valence-corrected chi connectivity index (χ2v) is 8.52. The first-order valence-corrected chi connectivity index (χ1v) is 12.1. The number of rotatable bonds is 13. The lowest BCUT2D eigenvalue weighted by molar-refractivity contribution is 0.0566. The highest BCUT2D eigenvalue weighted by atomic mass is 19.1. The fraction of sp³-hybridized carbons (Fsp3) is 0.379. The Labute approximate surface area is 197 Å². The van der Waals surface area contributed by atoms with Crippen LogP contribution in [0.2, 0.25) is 0 Å². The summed E-state index contributed by atoms with van der Waals surface area (Å²) in [5.74, 6) is -0.243. The average molecular weight is 447 g/mol. The minimum absolute atomic E-state index is 0.243. The molecule has 3 rings (SSSR count). The number of halogens is 1. The van der Waals surface area contributed by atoms with Gasteiger partial charge in [-0.25, -0.2) is 9.37 Å². The van der Waals surface area contributed by atoms with E-state index in [-0.39, 0.29) is 5.82 Å². The van der Waals surface area contributed by atoms with Gasteiger partial charge in [0.05, 0.1) is 29.0 Å². The molecular weight excluding hydrogens is 411 g/mol. The SMILES string of the molecule is C=CCc1ccc(-c2cnc3cc(/C=C/CCCC(C)OCCCCC)ccc3n2)cc1F. The Morgan fingerprint density at radius 1 is 1.09 bits per heavy atom. The largest absolute Gasteiger partial charge is 0.379 e. The minimum Gasteiger partial charge on any atom is -0.379 e. The minimum atomic E-state index is -0.243. The molecule has 0 spiro atoms. The first-order chi connectivity index (χ1) is 16.1. The van der Waals surface area contributed by atoms with Gasteiger partial charge < -0.3 is 4.74 Å². The van der Waals surface area contributed by atoms with Gasteiger partial charge in [-0.2, -0.15) is 0 Å². The van der Waals surface area contributed by atoms with Crippen molar-refractivity contribution < 1.29 is 9.13 Å². The summed E-state index contributed by atoms with van der Waals surface area (Å²) in [6, 6.07) is 11.2. The third-order valence-corrected chi connectivity index (χ3v) is 5.72. The Morgan fingerprint density at radius 2 is 1.97 bits per heavy atom. The molecule has 0 N–H and O–H groups in total. The summed E-state index contributed by atoms with van der Waals surface area (Å²) in [5.41, 5.74) is 4.76. The van der Waals surface area contributed by atoms with Crippen LogP contribution in [0, 0.1) is 5.82 Å². The zero-order chi connectivity index (χ0) is 23.5. The molecule has 0 aliphatic rings. The maximum absolute atomic E-state index is 14.3. The van der Waals surface area contributed by atoms with Crippen molar-refractivity contribution in [3.8, 4) is 11.3 Å². The third-order valence-electron chi connectivity index (χ3n) is 5.72. The van der Waals surface area contributed by atoms with Gasteiger partial charge in [0.25, 0.3) is 0 Å². The summed E-state index contributed by atoms with van der Waals surface area (Å²) in [4.78, 5) is 9.25. The zero-order valence-electron chi connectivity index (χ0n) is 19.9. The van der Waals surface area contributed by atoms with Gasteiger partial charge in [-0.05, 0) is 68.4 Å². The summed E-state index contributed by atoms with van der Waals surface area (Å²) in [7, 11) is 0. The van der Waals surface area contributed by atoms with Crippen molar-refractivity contribution in [2.45, 2.75) is 64.9 Å². The maximum Gasteiger partial charge on any atom is 0.127 e. The van der Waals surface area contributed by atoms with Gasteiger partial charge in [0.15, 0.2) is 0 Å². The van der Waals surface area contributed by atoms with Crippen LogP contribution in [0.1, 0.15) is 63.5 Å². The van der Waals surface area contributed by atoms with Gasteiger partial charge in [0.2, 0.25) is 0 Å². The predicted molar refractivity (Wildman–Crippen MR) is 137 cm³/mol. The summed E-state index contributed by atoms with van der Waals surface area (Å²) < 4.78 is 20.1. The van der Waals surface area contributed by atoms with E-state index in [4.69, 9.17) is 4.74 Å². The van der Waals surface area contributed by atoms with E-state index in [0.29, 0.717) is 23.8 Å². The van der Waals surface area contributed by atoms with Crippen LogP contribution in [0.3, 0.4) is 0 Å². The van der Waals surface area contributed by atoms with Crippen LogP contribution in [-0.2, 0) is 11.2 Å². The summed E-state index contributed by atoms with van der Waals surface area (Å²) >= 11 is 0. The molecule has 2 aromatic carbocycles. The molecule has 3 aromatic rings. The van der Waals surface area contributed by atoms with Gasteiger partial charge in [0.1, 0.15) is 5.82 Å². The molecule has 0 aliphatic carbocycles. The highest BCUT2D eigenvalue weighted by Crippen LogP contribution is 2.23. The molecule has 0 saturated heterocycles. The second-order valence-electron chi connectivity index (χ2n) is 8.52. The van der Waals surface area contributed by atoms with Crippen molar-refractivity contribution >= 4 is 17.1 Å². The van der Waals surface area contributed by atoms with Crippen LogP contribution in [0.25, 0.3) is 28.4 Å². The molecule has 174 valence electrons. The van der Waals surface area contributed by atoms with E-state index in [1.54, 1.807) is 18.3 Å². The van der Waals surface area contributed by atoms with E-state index >= 15 is 0 Å². The van der Waals surface area contributed by atoms with Gasteiger partial charge >= 0.3 is 0 Å². The van der Waals surface area contributed by atoms with Gasteiger partial charge in [0, 0.05) is 12.2 Å². The number of benzene rings is 2. The van der Waals surface area contributed by atoms with Crippen LogP contribution >= 0.6 is 0 Å². The van der Waals surface area contributed by atoms with Crippen LogP contribution in [-0.4, -0.2) is 22.7 Å². The molecule has 1 unspecified atom stereocenters. The lowest BCUT2D eigenvalue weighted by atomic mass is 10.1. The monoisotopic (exact) mass is 446 g/mol. The number of unbranched alkanes of at least 4 members (excludes halogenated alkanes) is 3. The van der Waals surface area contributed by atoms with Crippen molar-refractivity contribution in [3.05, 3.63) is 78.3 Å². The third kappa shape index (κ3) is 7.61. The number of fused-ring (bicyclic) bond motifs is 1. The first-order valence-electron chi connectivity index (χ1n) is 12.1. The number of ether oxygens (including phenoxy) is 1. The van der Waals surface area contributed by atoms with Crippen LogP contribution in [0.5, 0.6) is 0 Å². The number of hydrogen-bond acceptors (Lipinski definition) is 3. The Balaban J connectivity index is 1.55. The molecule has 0 saturated carbocycles. The molecule has 0 amide bonds. The molecule has 4 heteroatoms. The fourth-order valence-electron chi connectivity index (χ4n) is 3.76. The second kappa shape index (κ2) is 13.0. The highest BCUT2D eigenvalue weighted by molar-refractivity contribution is 5.79. The van der Waals surface area contributed by atoms with Crippen molar-refractivity contribution in [1.29, 1.82) is 0 Å². The summed E-state index contributed by atoms with van der Waals surface area (Å²) in [5, 5.41) is 0. The molecule has 1 heterocycles. The molecule has 1 atom stereocenters. The van der Waals surface area contributed by atoms with Gasteiger partial charge in [-0.3, -0.25) is 4.98 Å². The lowest BCUT2D eigenvalue weighted by Crippen LogP contribution is -2.08. The van der Waals surface area contributed by atoms with E-state index in [9.17, 15) is 4.39 Å². The van der Waals surface area contributed by atoms with E-state index in [2.05, 4.69) is 42.5 Å². The number of allylic oxidation sites excluding steroid dienone is 2. The summed E-state index contributed by atoms with van der Waals surface area (Å²) in [6.07, 6.45) is 15.4. The van der Waals surface area contributed by atoms with E-state index in [1.807, 2.05) is 24.3 Å². The molecule has 1 aromatic heterocycles. The first kappa shape index (κ1) is 24.8. The van der Waals surface area contributed by atoms with E-state index in [0.717, 1.165) is 54.5 Å². The lowest BCUT2D eigenvalue weighted by Gasteiger charge is -2.12. The molecule has 0 fully saturated rings. The fourth-order valence-corrected chi connectivity index (χ4v) is 3.76. The molecule has 3 nitrogen and oxygen atoms in total. The number of aromatic nitrogens is 2. The van der Waals surface area contributed by atoms with E-state index < -0.39 is 0 Å². The van der Waals surface area contributed by atoms with Crippen LogP contribution < -0.4 is 0 Å². The smallest absolute Gasteiger partial charge is 0.127 e. The molecule has 33 heavy (non-hydrogen) atoms. The van der Waals surface area contributed by atoms with Crippen molar-refractivity contribution in [3.63, 3.8) is 0 Å². The Hall–Kier alpha value is -2.85. The molecular formula is C29H35FN2O. The van der Waals surface area contributed by atoms with E-state index in [1.165, 1.54) is 18.9 Å². The zero-order valence-corrected chi connectivity index (χ0v) is 19.9. The van der Waals surface area contributed by atoms with Gasteiger partial charge in [-0.15, -0.1) is 6.58 Å². The van der Waals surface area contributed by atoms with Crippen molar-refractivity contribution in [2.24, 2.45) is 0 Å². The highest BCUT2D eigenvalue weighted by Gasteiger charge is 2.07. The van der Waals surface area contributed by atoms with Crippen molar-refractivity contribution in [2.75, 3.05) is 6.61 Å². The predicted octanol–water partition coefficient (Wildman–Crippen LogP) is 7.94. The Morgan fingerprint density at radius 3 is 2.76 bits per heavy atom. The van der Waals surface area contributed by atoms with Crippen LogP contribution in [0.15, 0.2) is 61.3 Å². The average Bonchev–Trinajstić information content (AvgIpc) is 2.82. The molecule has 0 radical (unpaired) electrons. The Bertz CT molecular complexity index is 1080. The summed E-state index contributed by atoms with van der Waals surface area (Å²) in [6.45, 7) is 8.92. The molecule has 0 aliphatic heterocycles. The normalized spacial score (nSPS) is 12.5. The number of nitrogens with zero attached hydrogens (tertiary/aromatic N) is 2. The van der Waals surface area contributed by atoms with Crippen LogP contribution in [0.4, 0.5) is 4.39 Å². The molecule has 0 bridgehead atoms. The maximum atomic E-state index is 14.3. The number of hydrogen-bond donors (Lipinski definition) is 0. The topological polar surface area (TPSA) is 35.0 Å². The Kier molecular flexibility index (Phi) is 9.77. The standard InChI is InChI=1S/C29H35FN2O/c1-4-6-10-18-33-22(3)12-8-7-9-13-23-14-17-27-28(19-23)31-21-29(32-27)25-16-15-24(11-5-2)26(30)20-25/h5,9,13-17,19-22H,2,4,6-8,10-12,18H2,1,3H3/b13-9+. The van der Waals surface area contributed by atoms with Crippen molar-refractivity contribution in [1.82, 2.24) is 9.97 Å².